The summed E-state index contributed by atoms with van der Waals surface area (Å²) in [5.74, 6) is 0.886. The predicted molar refractivity (Wildman–Crippen MR) is 119 cm³/mol. The standard InChI is InChI=1S/C18H31N3O3S.HI/c1-18(2,10-13-25(4,22)23)15-21-17(19-3)20-11-12-24-14-16-8-6-5-7-9-16;/h5-9H,10-15H2,1-4H3,(H2,19,20,21);1H. The molecule has 0 aromatic heterocycles. The van der Waals surface area contributed by atoms with E-state index in [1.54, 1.807) is 7.05 Å². The first-order valence-electron chi connectivity index (χ1n) is 8.46. The lowest BCUT2D eigenvalue weighted by Gasteiger charge is -2.25. The van der Waals surface area contributed by atoms with E-state index in [9.17, 15) is 8.42 Å². The predicted octanol–water partition coefficient (Wildman–Crippen LogP) is 2.45. The highest BCUT2D eigenvalue weighted by molar-refractivity contribution is 14.0. The topological polar surface area (TPSA) is 79.8 Å². The number of ether oxygens (including phenoxy) is 1. The van der Waals surface area contributed by atoms with Crippen molar-refractivity contribution in [3.8, 4) is 0 Å². The molecule has 26 heavy (non-hydrogen) atoms. The molecule has 0 saturated carbocycles. The van der Waals surface area contributed by atoms with Gasteiger partial charge in [-0.2, -0.15) is 0 Å². The van der Waals surface area contributed by atoms with E-state index in [-0.39, 0.29) is 35.1 Å². The third-order valence-electron chi connectivity index (χ3n) is 3.76. The summed E-state index contributed by atoms with van der Waals surface area (Å²) in [5.41, 5.74) is 1.02. The number of hydrogen-bond donors (Lipinski definition) is 2. The highest BCUT2D eigenvalue weighted by Crippen LogP contribution is 2.19. The number of rotatable bonds is 10. The van der Waals surface area contributed by atoms with Crippen LogP contribution < -0.4 is 10.6 Å². The monoisotopic (exact) mass is 497 g/mol. The van der Waals surface area contributed by atoms with Crippen molar-refractivity contribution in [2.24, 2.45) is 10.4 Å². The van der Waals surface area contributed by atoms with Crippen LogP contribution in [0.1, 0.15) is 25.8 Å². The van der Waals surface area contributed by atoms with Gasteiger partial charge in [0.1, 0.15) is 9.84 Å². The maximum Gasteiger partial charge on any atom is 0.191 e. The van der Waals surface area contributed by atoms with Crippen LogP contribution in [0.25, 0.3) is 0 Å². The van der Waals surface area contributed by atoms with Gasteiger partial charge in [0, 0.05) is 26.4 Å². The van der Waals surface area contributed by atoms with E-state index in [1.165, 1.54) is 6.26 Å². The first kappa shape index (κ1) is 25.1. The van der Waals surface area contributed by atoms with Gasteiger partial charge in [0.2, 0.25) is 0 Å². The zero-order chi connectivity index (χ0) is 18.8. The molecule has 0 aliphatic heterocycles. The van der Waals surface area contributed by atoms with Crippen LogP contribution in [0, 0.1) is 5.41 Å². The summed E-state index contributed by atoms with van der Waals surface area (Å²) in [7, 11) is -1.22. The van der Waals surface area contributed by atoms with Crippen molar-refractivity contribution in [1.29, 1.82) is 0 Å². The summed E-state index contributed by atoms with van der Waals surface area (Å²) < 4.78 is 28.2. The van der Waals surface area contributed by atoms with E-state index in [4.69, 9.17) is 4.74 Å². The summed E-state index contributed by atoms with van der Waals surface area (Å²) in [4.78, 5) is 4.18. The van der Waals surface area contributed by atoms with Crippen molar-refractivity contribution in [2.75, 3.05) is 38.8 Å². The molecule has 150 valence electrons. The van der Waals surface area contributed by atoms with Gasteiger partial charge in [0.05, 0.1) is 19.0 Å². The van der Waals surface area contributed by atoms with E-state index < -0.39 is 9.84 Å². The molecule has 0 aliphatic carbocycles. The lowest BCUT2D eigenvalue weighted by molar-refractivity contribution is 0.125. The summed E-state index contributed by atoms with van der Waals surface area (Å²) >= 11 is 0. The minimum atomic E-state index is -2.94. The minimum Gasteiger partial charge on any atom is -0.375 e. The van der Waals surface area contributed by atoms with Crippen molar-refractivity contribution < 1.29 is 13.2 Å². The van der Waals surface area contributed by atoms with E-state index in [0.29, 0.717) is 38.7 Å². The maximum atomic E-state index is 11.3. The molecule has 1 aromatic rings. The van der Waals surface area contributed by atoms with Gasteiger partial charge < -0.3 is 15.4 Å². The van der Waals surface area contributed by atoms with Crippen molar-refractivity contribution >= 4 is 39.8 Å². The second-order valence-corrected chi connectivity index (χ2v) is 9.19. The molecular weight excluding hydrogens is 465 g/mol. The molecule has 8 heteroatoms. The van der Waals surface area contributed by atoms with Gasteiger partial charge >= 0.3 is 0 Å². The van der Waals surface area contributed by atoms with Crippen LogP contribution in [0.3, 0.4) is 0 Å². The molecule has 0 unspecified atom stereocenters. The zero-order valence-electron chi connectivity index (χ0n) is 16.1. The Morgan fingerprint density at radius 1 is 1.19 bits per heavy atom. The third-order valence-corrected chi connectivity index (χ3v) is 4.70. The summed E-state index contributed by atoms with van der Waals surface area (Å²) in [6.45, 7) is 6.55. The molecule has 0 radical (unpaired) electrons. The van der Waals surface area contributed by atoms with Crippen molar-refractivity contribution in [3.63, 3.8) is 0 Å². The fraction of sp³-hybridized carbons (Fsp3) is 0.611. The first-order chi connectivity index (χ1) is 11.7. The molecule has 1 aromatic carbocycles. The number of benzene rings is 1. The second-order valence-electron chi connectivity index (χ2n) is 6.93. The molecule has 2 N–H and O–H groups in total. The lowest BCUT2D eigenvalue weighted by atomic mass is 9.90. The van der Waals surface area contributed by atoms with Gasteiger partial charge in [-0.05, 0) is 17.4 Å². The van der Waals surface area contributed by atoms with Crippen molar-refractivity contribution in [3.05, 3.63) is 35.9 Å². The Kier molecular flexibility index (Phi) is 12.1. The Hall–Kier alpha value is -0.870. The number of hydrogen-bond acceptors (Lipinski definition) is 4. The number of sulfone groups is 1. The van der Waals surface area contributed by atoms with Crippen LogP contribution >= 0.6 is 24.0 Å². The van der Waals surface area contributed by atoms with Gasteiger partial charge in [-0.1, -0.05) is 44.2 Å². The average Bonchev–Trinajstić information content (AvgIpc) is 2.56. The zero-order valence-corrected chi connectivity index (χ0v) is 19.3. The molecule has 0 heterocycles. The van der Waals surface area contributed by atoms with E-state index in [0.717, 1.165) is 5.56 Å². The Bertz CT molecular complexity index is 634. The Balaban J connectivity index is 0.00000625. The number of nitrogens with zero attached hydrogens (tertiary/aromatic N) is 1. The molecule has 0 amide bonds. The molecule has 0 bridgehead atoms. The number of halogens is 1. The molecule has 0 fully saturated rings. The van der Waals surface area contributed by atoms with Gasteiger partial charge in [0.25, 0.3) is 0 Å². The number of aliphatic imine (C=N–C) groups is 1. The quantitative estimate of drug-likeness (QED) is 0.225. The Labute approximate surface area is 175 Å². The second kappa shape index (κ2) is 12.5. The van der Waals surface area contributed by atoms with Crippen LogP contribution in [0.5, 0.6) is 0 Å². The molecule has 1 rings (SSSR count). The number of guanidine groups is 1. The molecular formula is C18H32IN3O3S. The fourth-order valence-corrected chi connectivity index (χ4v) is 3.02. The highest BCUT2D eigenvalue weighted by atomic mass is 127. The largest absolute Gasteiger partial charge is 0.375 e. The summed E-state index contributed by atoms with van der Waals surface area (Å²) in [5, 5.41) is 6.44. The molecule has 0 atom stereocenters. The van der Waals surface area contributed by atoms with Crippen molar-refractivity contribution in [2.45, 2.75) is 26.9 Å². The lowest BCUT2D eigenvalue weighted by Crippen LogP contribution is -2.43. The fourth-order valence-electron chi connectivity index (χ4n) is 2.10. The van der Waals surface area contributed by atoms with Crippen LogP contribution in [0.2, 0.25) is 0 Å². The number of nitrogens with one attached hydrogen (secondary N) is 2. The Morgan fingerprint density at radius 3 is 2.42 bits per heavy atom. The minimum absolute atomic E-state index is 0. The van der Waals surface area contributed by atoms with E-state index >= 15 is 0 Å². The maximum absolute atomic E-state index is 11.3. The Morgan fingerprint density at radius 2 is 1.85 bits per heavy atom. The van der Waals surface area contributed by atoms with Crippen LogP contribution in [0.4, 0.5) is 0 Å². The van der Waals surface area contributed by atoms with Crippen LogP contribution in [0.15, 0.2) is 35.3 Å². The molecule has 0 saturated heterocycles. The van der Waals surface area contributed by atoms with Gasteiger partial charge in [-0.15, -0.1) is 24.0 Å². The van der Waals surface area contributed by atoms with Crippen LogP contribution in [-0.2, 0) is 21.2 Å². The van der Waals surface area contributed by atoms with Gasteiger partial charge in [0.15, 0.2) is 5.96 Å². The third kappa shape index (κ3) is 12.5. The summed E-state index contributed by atoms with van der Waals surface area (Å²) in [6.07, 6.45) is 1.88. The summed E-state index contributed by atoms with van der Waals surface area (Å²) in [6, 6.07) is 10.0. The van der Waals surface area contributed by atoms with Gasteiger partial charge in [-0.3, -0.25) is 4.99 Å². The van der Waals surface area contributed by atoms with Gasteiger partial charge in [-0.25, -0.2) is 8.42 Å². The highest BCUT2D eigenvalue weighted by Gasteiger charge is 2.20. The SMILES string of the molecule is CN=C(NCCOCc1ccccc1)NCC(C)(C)CCS(C)(=O)=O.I. The molecule has 6 nitrogen and oxygen atoms in total. The van der Waals surface area contributed by atoms with Crippen LogP contribution in [-0.4, -0.2) is 53.1 Å². The van der Waals surface area contributed by atoms with E-state index in [2.05, 4.69) is 15.6 Å². The van der Waals surface area contributed by atoms with Crippen molar-refractivity contribution in [1.82, 2.24) is 10.6 Å². The molecule has 0 aliphatic rings. The first-order valence-corrected chi connectivity index (χ1v) is 10.5. The smallest absolute Gasteiger partial charge is 0.191 e. The average molecular weight is 497 g/mol. The van der Waals surface area contributed by atoms with E-state index in [1.807, 2.05) is 44.2 Å². The normalized spacial score (nSPS) is 12.4. The molecule has 0 spiro atoms.